The average Bonchev–Trinajstić information content (AvgIpc) is 1.91. The minimum atomic E-state index is 0.240. The van der Waals surface area contributed by atoms with Crippen LogP contribution in [0.2, 0.25) is 0 Å². The fourth-order valence-electron chi connectivity index (χ4n) is 0.890. The highest BCUT2D eigenvalue weighted by Crippen LogP contribution is 2.08. The lowest BCUT2D eigenvalue weighted by atomic mass is 10.2. The molecule has 2 heteroatoms. The molecule has 1 saturated heterocycles. The Morgan fingerprint density at radius 2 is 2.11 bits per heavy atom. The molecule has 1 rings (SSSR count). The molecular weight excluding hydrogens is 116 g/mol. The summed E-state index contributed by atoms with van der Waals surface area (Å²) in [5.74, 6) is 0. The number of hydrogen-bond acceptors (Lipinski definition) is 2. The van der Waals surface area contributed by atoms with Crippen molar-refractivity contribution in [2.75, 3.05) is 13.2 Å². The van der Waals surface area contributed by atoms with E-state index in [0.717, 1.165) is 26.1 Å². The molecule has 0 aromatic rings. The summed E-state index contributed by atoms with van der Waals surface area (Å²) < 4.78 is 10.0. The summed E-state index contributed by atoms with van der Waals surface area (Å²) in [6, 6.07) is 0. The number of terminal acetylenes is 1. The molecule has 0 aliphatic carbocycles. The Bertz CT molecular complexity index is 109. The maximum Gasteiger partial charge on any atom is 0.115 e. The molecule has 50 valence electrons. The molecular formula is C7H10O2. The Labute approximate surface area is 55.1 Å². The molecule has 0 aromatic carbocycles. The smallest absolute Gasteiger partial charge is 0.115 e. The van der Waals surface area contributed by atoms with Crippen molar-refractivity contribution in [3.8, 4) is 12.5 Å². The summed E-state index contributed by atoms with van der Waals surface area (Å²) in [6.07, 6.45) is 9.24. The molecule has 0 saturated carbocycles. The van der Waals surface area contributed by atoms with Crippen LogP contribution in [-0.2, 0) is 9.47 Å². The minimum Gasteiger partial charge on any atom is -0.443 e. The molecule has 0 radical (unpaired) electrons. The van der Waals surface area contributed by atoms with Gasteiger partial charge in [0.1, 0.15) is 12.2 Å². The van der Waals surface area contributed by atoms with Crippen LogP contribution in [0.5, 0.6) is 0 Å². The van der Waals surface area contributed by atoms with Gasteiger partial charge < -0.3 is 9.47 Å². The summed E-state index contributed by atoms with van der Waals surface area (Å²) in [7, 11) is 0. The Kier molecular flexibility index (Phi) is 2.41. The molecule has 0 spiro atoms. The van der Waals surface area contributed by atoms with Crippen LogP contribution >= 0.6 is 0 Å². The van der Waals surface area contributed by atoms with Gasteiger partial charge in [0.2, 0.25) is 0 Å². The fourth-order valence-corrected chi connectivity index (χ4v) is 0.890. The maximum atomic E-state index is 5.10. The molecule has 1 aliphatic rings. The van der Waals surface area contributed by atoms with E-state index in [-0.39, 0.29) is 6.10 Å². The van der Waals surface area contributed by atoms with Gasteiger partial charge in [-0.05, 0) is 0 Å². The summed E-state index contributed by atoms with van der Waals surface area (Å²) in [6.45, 7) is 1.57. The van der Waals surface area contributed by atoms with Crippen molar-refractivity contribution in [1.29, 1.82) is 0 Å². The first-order valence-corrected chi connectivity index (χ1v) is 3.12. The number of hydrogen-bond donors (Lipinski definition) is 0. The van der Waals surface area contributed by atoms with Gasteiger partial charge in [-0.25, -0.2) is 0 Å². The van der Waals surface area contributed by atoms with Crippen molar-refractivity contribution in [1.82, 2.24) is 0 Å². The molecule has 0 atom stereocenters. The van der Waals surface area contributed by atoms with Gasteiger partial charge in [0.25, 0.3) is 0 Å². The summed E-state index contributed by atoms with van der Waals surface area (Å²) in [4.78, 5) is 0. The lowest BCUT2D eigenvalue weighted by Crippen LogP contribution is -2.21. The Balaban J connectivity index is 2.17. The largest absolute Gasteiger partial charge is 0.443 e. The highest BCUT2D eigenvalue weighted by Gasteiger charge is 2.12. The summed E-state index contributed by atoms with van der Waals surface area (Å²) >= 11 is 0. The highest BCUT2D eigenvalue weighted by molar-refractivity contribution is 4.74. The molecule has 0 amide bonds. The maximum absolute atomic E-state index is 5.10. The standard InChI is InChI=1S/C7H10O2/c1-2-9-7-3-5-8-6-4-7/h1,7H,3-6H2. The van der Waals surface area contributed by atoms with Crippen LogP contribution in [-0.4, -0.2) is 19.3 Å². The van der Waals surface area contributed by atoms with Gasteiger partial charge in [0, 0.05) is 12.8 Å². The molecule has 0 N–H and O–H groups in total. The van der Waals surface area contributed by atoms with E-state index >= 15 is 0 Å². The van der Waals surface area contributed by atoms with Crippen molar-refractivity contribution in [2.45, 2.75) is 18.9 Å². The van der Waals surface area contributed by atoms with E-state index < -0.39 is 0 Å². The minimum absolute atomic E-state index is 0.240. The highest BCUT2D eigenvalue weighted by atomic mass is 16.5. The topological polar surface area (TPSA) is 18.5 Å². The second-order valence-corrected chi connectivity index (χ2v) is 2.05. The first-order valence-electron chi connectivity index (χ1n) is 3.12. The van der Waals surface area contributed by atoms with Gasteiger partial charge in [0.05, 0.1) is 13.2 Å². The van der Waals surface area contributed by atoms with Gasteiger partial charge in [-0.1, -0.05) is 6.42 Å². The Morgan fingerprint density at radius 1 is 1.44 bits per heavy atom. The van der Waals surface area contributed by atoms with Crippen LogP contribution in [0.3, 0.4) is 0 Å². The monoisotopic (exact) mass is 126 g/mol. The van der Waals surface area contributed by atoms with Gasteiger partial charge in [-0.3, -0.25) is 0 Å². The SMILES string of the molecule is C#COC1CCOCC1. The van der Waals surface area contributed by atoms with E-state index in [4.69, 9.17) is 15.9 Å². The molecule has 0 bridgehead atoms. The third-order valence-electron chi connectivity index (χ3n) is 1.40. The normalized spacial score (nSPS) is 20.8. The fraction of sp³-hybridized carbons (Fsp3) is 0.714. The van der Waals surface area contributed by atoms with E-state index in [1.165, 1.54) is 0 Å². The van der Waals surface area contributed by atoms with E-state index in [1.54, 1.807) is 0 Å². The molecule has 0 aromatic heterocycles. The molecule has 1 heterocycles. The molecule has 1 fully saturated rings. The third-order valence-corrected chi connectivity index (χ3v) is 1.40. The molecule has 2 nitrogen and oxygen atoms in total. The zero-order valence-electron chi connectivity index (χ0n) is 5.30. The van der Waals surface area contributed by atoms with Gasteiger partial charge in [0.15, 0.2) is 0 Å². The van der Waals surface area contributed by atoms with Gasteiger partial charge in [-0.2, -0.15) is 0 Å². The first-order chi connectivity index (χ1) is 4.43. The zero-order chi connectivity index (χ0) is 6.53. The number of ether oxygens (including phenoxy) is 2. The molecule has 9 heavy (non-hydrogen) atoms. The van der Waals surface area contributed by atoms with Gasteiger partial charge >= 0.3 is 0 Å². The van der Waals surface area contributed by atoms with Crippen molar-refractivity contribution >= 4 is 0 Å². The second-order valence-electron chi connectivity index (χ2n) is 2.05. The average molecular weight is 126 g/mol. The van der Waals surface area contributed by atoms with Gasteiger partial charge in [-0.15, -0.1) is 0 Å². The van der Waals surface area contributed by atoms with E-state index in [2.05, 4.69) is 6.11 Å². The van der Waals surface area contributed by atoms with E-state index in [0.29, 0.717) is 0 Å². The predicted molar refractivity (Wildman–Crippen MR) is 33.8 cm³/mol. The Hall–Kier alpha value is -0.680. The lowest BCUT2D eigenvalue weighted by molar-refractivity contribution is 0.0134. The van der Waals surface area contributed by atoms with Crippen molar-refractivity contribution in [3.63, 3.8) is 0 Å². The van der Waals surface area contributed by atoms with Crippen LogP contribution in [0.1, 0.15) is 12.8 Å². The second kappa shape index (κ2) is 3.37. The Morgan fingerprint density at radius 3 is 2.67 bits per heavy atom. The first kappa shape index (κ1) is 6.44. The molecule has 0 unspecified atom stereocenters. The van der Waals surface area contributed by atoms with Crippen LogP contribution in [0.15, 0.2) is 0 Å². The van der Waals surface area contributed by atoms with Crippen LogP contribution in [0.4, 0.5) is 0 Å². The molecule has 1 aliphatic heterocycles. The quantitative estimate of drug-likeness (QED) is 0.483. The summed E-state index contributed by atoms with van der Waals surface area (Å²) in [5, 5.41) is 0. The summed E-state index contributed by atoms with van der Waals surface area (Å²) in [5.41, 5.74) is 0. The zero-order valence-corrected chi connectivity index (χ0v) is 5.30. The van der Waals surface area contributed by atoms with Crippen molar-refractivity contribution in [2.24, 2.45) is 0 Å². The van der Waals surface area contributed by atoms with Crippen molar-refractivity contribution < 1.29 is 9.47 Å². The predicted octanol–water partition coefficient (Wildman–Crippen LogP) is 0.773. The van der Waals surface area contributed by atoms with Crippen molar-refractivity contribution in [3.05, 3.63) is 0 Å². The van der Waals surface area contributed by atoms with E-state index in [9.17, 15) is 0 Å². The van der Waals surface area contributed by atoms with Crippen LogP contribution in [0, 0.1) is 12.5 Å². The van der Waals surface area contributed by atoms with E-state index in [1.807, 2.05) is 0 Å². The third kappa shape index (κ3) is 1.95. The van der Waals surface area contributed by atoms with Crippen LogP contribution in [0.25, 0.3) is 0 Å². The van der Waals surface area contributed by atoms with Crippen LogP contribution < -0.4 is 0 Å². The lowest BCUT2D eigenvalue weighted by Gasteiger charge is -2.19. The number of rotatable bonds is 1.